The Balaban J connectivity index is 2.03. The van der Waals surface area contributed by atoms with Gasteiger partial charge in [0.15, 0.2) is 0 Å². The molecule has 1 aromatic heterocycles. The zero-order valence-electron chi connectivity index (χ0n) is 8.39. The molecule has 4 heteroatoms. The molecule has 0 spiro atoms. The average molecular weight is 196 g/mol. The summed E-state index contributed by atoms with van der Waals surface area (Å²) >= 11 is 0. The molecule has 1 aliphatic rings. The van der Waals surface area contributed by atoms with Crippen molar-refractivity contribution in [2.45, 2.75) is 18.9 Å². The van der Waals surface area contributed by atoms with E-state index < -0.39 is 0 Å². The lowest BCUT2D eigenvalue weighted by atomic mass is 9.91. The molecule has 4 nitrogen and oxygen atoms in total. The summed E-state index contributed by atoms with van der Waals surface area (Å²) < 4.78 is 6.98. The van der Waals surface area contributed by atoms with Gasteiger partial charge in [-0.3, -0.25) is 4.68 Å². The monoisotopic (exact) mass is 196 g/mol. The molecule has 0 aromatic carbocycles. The summed E-state index contributed by atoms with van der Waals surface area (Å²) in [6, 6.07) is 0. The number of aliphatic hydroxyl groups is 1. The summed E-state index contributed by atoms with van der Waals surface area (Å²) in [5.41, 5.74) is 0.916. The molecule has 2 heterocycles. The van der Waals surface area contributed by atoms with Crippen molar-refractivity contribution in [2.75, 3.05) is 13.2 Å². The molecule has 1 fully saturated rings. The van der Waals surface area contributed by atoms with Crippen LogP contribution in [0.4, 0.5) is 0 Å². The van der Waals surface area contributed by atoms with E-state index in [0.29, 0.717) is 5.92 Å². The first-order chi connectivity index (χ1) is 6.77. The van der Waals surface area contributed by atoms with Gasteiger partial charge in [0.25, 0.3) is 0 Å². The van der Waals surface area contributed by atoms with Gasteiger partial charge in [-0.2, -0.15) is 5.10 Å². The van der Waals surface area contributed by atoms with E-state index >= 15 is 0 Å². The van der Waals surface area contributed by atoms with Crippen molar-refractivity contribution in [3.05, 3.63) is 18.0 Å². The van der Waals surface area contributed by atoms with Crippen LogP contribution in [0.5, 0.6) is 0 Å². The van der Waals surface area contributed by atoms with Gasteiger partial charge in [0.2, 0.25) is 0 Å². The molecular weight excluding hydrogens is 180 g/mol. The lowest BCUT2D eigenvalue weighted by molar-refractivity contribution is 0.00716. The molecular formula is C10H16N2O2. The summed E-state index contributed by atoms with van der Waals surface area (Å²) in [4.78, 5) is 0. The number of hydrogen-bond acceptors (Lipinski definition) is 3. The Kier molecular flexibility index (Phi) is 2.84. The Hall–Kier alpha value is -0.870. The molecule has 1 unspecified atom stereocenters. The highest BCUT2D eigenvalue weighted by Crippen LogP contribution is 2.29. The van der Waals surface area contributed by atoms with Gasteiger partial charge < -0.3 is 9.84 Å². The molecule has 1 aromatic rings. The van der Waals surface area contributed by atoms with Crippen LogP contribution < -0.4 is 0 Å². The average Bonchev–Trinajstić information content (AvgIpc) is 2.65. The van der Waals surface area contributed by atoms with Crippen LogP contribution in [-0.2, 0) is 11.8 Å². The van der Waals surface area contributed by atoms with Gasteiger partial charge in [-0.1, -0.05) is 0 Å². The summed E-state index contributed by atoms with van der Waals surface area (Å²) in [6.07, 6.45) is 5.11. The Labute approximate surface area is 83.5 Å². The first kappa shape index (κ1) is 9.68. The van der Waals surface area contributed by atoms with Gasteiger partial charge in [-0.15, -0.1) is 0 Å². The number of hydrogen-bond donors (Lipinski definition) is 1. The minimum Gasteiger partial charge on any atom is -0.388 e. The van der Waals surface area contributed by atoms with Crippen molar-refractivity contribution in [3.8, 4) is 0 Å². The second-order valence-electron chi connectivity index (χ2n) is 3.84. The molecule has 2 rings (SSSR count). The molecule has 1 aliphatic heterocycles. The molecule has 1 atom stereocenters. The largest absolute Gasteiger partial charge is 0.388 e. The summed E-state index contributed by atoms with van der Waals surface area (Å²) in [7, 11) is 1.86. The molecule has 14 heavy (non-hydrogen) atoms. The van der Waals surface area contributed by atoms with Crippen molar-refractivity contribution in [2.24, 2.45) is 13.0 Å². The zero-order chi connectivity index (χ0) is 9.97. The van der Waals surface area contributed by atoms with E-state index in [9.17, 15) is 5.11 Å². The van der Waals surface area contributed by atoms with Crippen LogP contribution in [0, 0.1) is 5.92 Å². The van der Waals surface area contributed by atoms with Crippen molar-refractivity contribution in [1.29, 1.82) is 0 Å². The maximum Gasteiger partial charge on any atom is 0.0850 e. The quantitative estimate of drug-likeness (QED) is 0.763. The standard InChI is InChI=1S/C10H16N2O2/c1-12-7-9(6-11-12)10(13)8-2-4-14-5-3-8/h6-8,10,13H,2-5H2,1H3. The van der Waals surface area contributed by atoms with Crippen molar-refractivity contribution < 1.29 is 9.84 Å². The Morgan fingerprint density at radius 1 is 1.57 bits per heavy atom. The van der Waals surface area contributed by atoms with E-state index in [-0.39, 0.29) is 6.10 Å². The first-order valence-electron chi connectivity index (χ1n) is 5.02. The molecule has 0 amide bonds. The molecule has 0 radical (unpaired) electrons. The van der Waals surface area contributed by atoms with Crippen LogP contribution in [0.1, 0.15) is 24.5 Å². The third kappa shape index (κ3) is 1.96. The first-order valence-corrected chi connectivity index (χ1v) is 5.02. The van der Waals surface area contributed by atoms with Crippen LogP contribution in [0.3, 0.4) is 0 Å². The lowest BCUT2D eigenvalue weighted by Crippen LogP contribution is -2.21. The van der Waals surface area contributed by atoms with Gasteiger partial charge in [-0.25, -0.2) is 0 Å². The van der Waals surface area contributed by atoms with Crippen molar-refractivity contribution in [1.82, 2.24) is 9.78 Å². The maximum atomic E-state index is 10.0. The number of aryl methyl sites for hydroxylation is 1. The molecule has 0 saturated carbocycles. The fourth-order valence-corrected chi connectivity index (χ4v) is 1.90. The zero-order valence-corrected chi connectivity index (χ0v) is 8.39. The van der Waals surface area contributed by atoms with Crippen molar-refractivity contribution >= 4 is 0 Å². The van der Waals surface area contributed by atoms with E-state index in [0.717, 1.165) is 31.6 Å². The third-order valence-electron chi connectivity index (χ3n) is 2.78. The Morgan fingerprint density at radius 3 is 2.86 bits per heavy atom. The van der Waals surface area contributed by atoms with Crippen LogP contribution in [0.15, 0.2) is 12.4 Å². The second-order valence-corrected chi connectivity index (χ2v) is 3.84. The SMILES string of the molecule is Cn1cc(C(O)C2CCOCC2)cn1. The van der Waals surface area contributed by atoms with Crippen LogP contribution in [0.25, 0.3) is 0 Å². The smallest absolute Gasteiger partial charge is 0.0850 e. The summed E-state index contributed by atoms with van der Waals surface area (Å²) in [5.74, 6) is 0.327. The van der Waals surface area contributed by atoms with Gasteiger partial charge in [0.1, 0.15) is 0 Å². The number of rotatable bonds is 2. The van der Waals surface area contributed by atoms with Crippen LogP contribution >= 0.6 is 0 Å². The Bertz CT molecular complexity index is 292. The summed E-state index contributed by atoms with van der Waals surface area (Å²) in [5, 5.41) is 14.1. The second kappa shape index (κ2) is 4.11. The van der Waals surface area contributed by atoms with Crippen LogP contribution in [-0.4, -0.2) is 28.1 Å². The number of aromatic nitrogens is 2. The van der Waals surface area contributed by atoms with Gasteiger partial charge in [0, 0.05) is 32.0 Å². The highest BCUT2D eigenvalue weighted by Gasteiger charge is 2.24. The fraction of sp³-hybridized carbons (Fsp3) is 0.700. The molecule has 1 saturated heterocycles. The van der Waals surface area contributed by atoms with Gasteiger partial charge in [-0.05, 0) is 18.8 Å². The minimum absolute atomic E-state index is 0.327. The molecule has 78 valence electrons. The molecule has 0 bridgehead atoms. The van der Waals surface area contributed by atoms with E-state index in [2.05, 4.69) is 5.10 Å². The lowest BCUT2D eigenvalue weighted by Gasteiger charge is -2.25. The fourth-order valence-electron chi connectivity index (χ4n) is 1.90. The topological polar surface area (TPSA) is 47.3 Å². The summed E-state index contributed by atoms with van der Waals surface area (Å²) in [6.45, 7) is 1.53. The predicted octanol–water partition coefficient (Wildman–Crippen LogP) is 0.880. The van der Waals surface area contributed by atoms with Gasteiger partial charge in [0.05, 0.1) is 12.3 Å². The normalized spacial score (nSPS) is 21.0. The van der Waals surface area contributed by atoms with E-state index in [4.69, 9.17) is 4.74 Å². The Morgan fingerprint density at radius 2 is 2.29 bits per heavy atom. The van der Waals surface area contributed by atoms with Crippen molar-refractivity contribution in [3.63, 3.8) is 0 Å². The van der Waals surface area contributed by atoms with E-state index in [1.165, 1.54) is 0 Å². The number of nitrogens with zero attached hydrogens (tertiary/aromatic N) is 2. The predicted molar refractivity (Wildman–Crippen MR) is 51.7 cm³/mol. The third-order valence-corrected chi connectivity index (χ3v) is 2.78. The van der Waals surface area contributed by atoms with Crippen LogP contribution in [0.2, 0.25) is 0 Å². The maximum absolute atomic E-state index is 10.0. The molecule has 1 N–H and O–H groups in total. The van der Waals surface area contributed by atoms with Gasteiger partial charge >= 0.3 is 0 Å². The van der Waals surface area contributed by atoms with E-state index in [1.807, 2.05) is 13.2 Å². The van der Waals surface area contributed by atoms with E-state index in [1.54, 1.807) is 10.9 Å². The number of aliphatic hydroxyl groups excluding tert-OH is 1. The molecule has 0 aliphatic carbocycles. The number of ether oxygens (including phenoxy) is 1. The highest BCUT2D eigenvalue weighted by atomic mass is 16.5. The minimum atomic E-state index is -0.382. The highest BCUT2D eigenvalue weighted by molar-refractivity contribution is 5.09.